The van der Waals surface area contributed by atoms with Gasteiger partial charge in [0.15, 0.2) is 0 Å². The topological polar surface area (TPSA) is 75.6 Å². The van der Waals surface area contributed by atoms with Gasteiger partial charge in [-0.2, -0.15) is 17.0 Å². The fourth-order valence-electron chi connectivity index (χ4n) is 4.27. The molecule has 7 nitrogen and oxygen atoms in total. The van der Waals surface area contributed by atoms with Crippen molar-refractivity contribution in [1.82, 2.24) is 18.6 Å². The van der Waals surface area contributed by atoms with E-state index in [1.54, 1.807) is 8.61 Å². The smallest absolute Gasteiger partial charge is 0.282 e. The van der Waals surface area contributed by atoms with Crippen molar-refractivity contribution in [3.8, 4) is 0 Å². The van der Waals surface area contributed by atoms with Crippen LogP contribution >= 0.6 is 0 Å². The molecule has 144 valence electrons. The third-order valence-electron chi connectivity index (χ3n) is 5.72. The summed E-state index contributed by atoms with van der Waals surface area (Å²) in [6.45, 7) is 6.90. The maximum Gasteiger partial charge on any atom is 0.282 e. The van der Waals surface area contributed by atoms with Crippen LogP contribution in [-0.4, -0.2) is 59.8 Å². The average Bonchev–Trinajstić information content (AvgIpc) is 3.17. The Morgan fingerprint density at radius 2 is 1.88 bits per heavy atom. The van der Waals surface area contributed by atoms with Crippen LogP contribution in [0.5, 0.6) is 0 Å². The van der Waals surface area contributed by atoms with Crippen LogP contribution in [0.25, 0.3) is 0 Å². The Hall–Kier alpha value is -1.09. The highest BCUT2D eigenvalue weighted by molar-refractivity contribution is 7.86. The quantitative estimate of drug-likeness (QED) is 0.799. The van der Waals surface area contributed by atoms with Crippen LogP contribution in [0.4, 0.5) is 0 Å². The number of ether oxygens (including phenoxy) is 1. The molecule has 2 fully saturated rings. The first-order valence-electron chi connectivity index (χ1n) is 9.68. The van der Waals surface area contributed by atoms with E-state index in [0.29, 0.717) is 32.8 Å². The molecule has 1 spiro atoms. The number of aromatic nitrogens is 2. The lowest BCUT2D eigenvalue weighted by Crippen LogP contribution is -2.55. The van der Waals surface area contributed by atoms with Crippen molar-refractivity contribution in [3.05, 3.63) is 23.3 Å². The first kappa shape index (κ1) is 18.3. The Bertz CT molecular complexity index is 777. The van der Waals surface area contributed by atoms with E-state index in [4.69, 9.17) is 9.72 Å². The molecule has 0 radical (unpaired) electrons. The molecule has 1 aromatic heterocycles. The fourth-order valence-corrected chi connectivity index (χ4v) is 6.05. The Morgan fingerprint density at radius 3 is 2.62 bits per heavy atom. The van der Waals surface area contributed by atoms with Gasteiger partial charge in [0.1, 0.15) is 11.4 Å². The summed E-state index contributed by atoms with van der Waals surface area (Å²) in [5.74, 6) is 1.03. The van der Waals surface area contributed by atoms with E-state index >= 15 is 0 Å². The van der Waals surface area contributed by atoms with Gasteiger partial charge in [-0.25, -0.2) is 9.97 Å². The molecule has 0 aromatic carbocycles. The van der Waals surface area contributed by atoms with Crippen molar-refractivity contribution in [2.45, 2.75) is 57.5 Å². The van der Waals surface area contributed by atoms with Crippen molar-refractivity contribution in [1.29, 1.82) is 0 Å². The van der Waals surface area contributed by atoms with E-state index < -0.39 is 15.8 Å². The van der Waals surface area contributed by atoms with Crippen LogP contribution < -0.4 is 0 Å². The van der Waals surface area contributed by atoms with Gasteiger partial charge in [0, 0.05) is 38.3 Å². The molecule has 26 heavy (non-hydrogen) atoms. The Balaban J connectivity index is 1.68. The summed E-state index contributed by atoms with van der Waals surface area (Å²) in [4.78, 5) is 9.33. The number of nitrogens with zero attached hydrogens (tertiary/aromatic N) is 4. The minimum absolute atomic E-state index is 0.229. The standard InChI is InChI=1S/C18H28N4O3S/c1-14(2)17-19-12-15-6-11-25-18(16(15)20-17)7-5-10-22(13-18)26(23,24)21-8-3-4-9-21/h12,14H,3-11,13H2,1-2H3/t18-/m0/s1. The molecule has 4 heterocycles. The van der Waals surface area contributed by atoms with E-state index in [2.05, 4.69) is 18.8 Å². The average molecular weight is 381 g/mol. The lowest BCUT2D eigenvalue weighted by atomic mass is 9.85. The third kappa shape index (κ3) is 3.06. The Morgan fingerprint density at radius 1 is 1.15 bits per heavy atom. The molecule has 0 saturated carbocycles. The van der Waals surface area contributed by atoms with Crippen LogP contribution in [0.1, 0.15) is 62.5 Å². The van der Waals surface area contributed by atoms with Crippen molar-refractivity contribution in [2.75, 3.05) is 32.8 Å². The van der Waals surface area contributed by atoms with Crippen molar-refractivity contribution < 1.29 is 13.2 Å². The molecule has 0 bridgehead atoms. The summed E-state index contributed by atoms with van der Waals surface area (Å²) >= 11 is 0. The largest absolute Gasteiger partial charge is 0.367 e. The van der Waals surface area contributed by atoms with Gasteiger partial charge in [0.25, 0.3) is 10.2 Å². The van der Waals surface area contributed by atoms with Gasteiger partial charge in [0.2, 0.25) is 0 Å². The first-order chi connectivity index (χ1) is 12.4. The molecule has 4 rings (SSSR count). The van der Waals surface area contributed by atoms with Gasteiger partial charge in [-0.05, 0) is 37.7 Å². The second-order valence-corrected chi connectivity index (χ2v) is 9.83. The number of rotatable bonds is 3. The van der Waals surface area contributed by atoms with Crippen LogP contribution in [0.2, 0.25) is 0 Å². The maximum atomic E-state index is 13.1. The molecule has 1 atom stereocenters. The zero-order valence-corrected chi connectivity index (χ0v) is 16.5. The number of fused-ring (bicyclic) bond motifs is 2. The van der Waals surface area contributed by atoms with Gasteiger partial charge in [0.05, 0.1) is 12.3 Å². The van der Waals surface area contributed by atoms with Gasteiger partial charge >= 0.3 is 0 Å². The predicted octanol–water partition coefficient (Wildman–Crippen LogP) is 1.80. The molecular formula is C18H28N4O3S. The molecule has 0 aliphatic carbocycles. The Kier molecular flexibility index (Phi) is 4.79. The number of hydrogen-bond acceptors (Lipinski definition) is 5. The Labute approximate surface area is 155 Å². The van der Waals surface area contributed by atoms with E-state index in [0.717, 1.165) is 49.2 Å². The molecule has 8 heteroatoms. The van der Waals surface area contributed by atoms with Crippen LogP contribution in [0.3, 0.4) is 0 Å². The van der Waals surface area contributed by atoms with E-state index in [1.807, 2.05) is 6.20 Å². The first-order valence-corrected chi connectivity index (χ1v) is 11.1. The molecule has 1 aromatic rings. The van der Waals surface area contributed by atoms with Crippen molar-refractivity contribution >= 4 is 10.2 Å². The lowest BCUT2D eigenvalue weighted by Gasteiger charge is -2.45. The summed E-state index contributed by atoms with van der Waals surface area (Å²) in [7, 11) is -3.42. The SMILES string of the molecule is CC(C)c1ncc2c(n1)[C@@]1(CCCN(S(=O)(=O)N3CCCC3)C1)OCC2. The number of hydrogen-bond donors (Lipinski definition) is 0. The number of piperidine rings is 1. The second kappa shape index (κ2) is 6.82. The van der Waals surface area contributed by atoms with Crippen LogP contribution in [0, 0.1) is 0 Å². The summed E-state index contributed by atoms with van der Waals surface area (Å²) in [6, 6.07) is 0. The molecular weight excluding hydrogens is 352 g/mol. The van der Waals surface area contributed by atoms with Gasteiger partial charge in [-0.3, -0.25) is 0 Å². The third-order valence-corrected chi connectivity index (χ3v) is 7.70. The van der Waals surface area contributed by atoms with Crippen LogP contribution in [0.15, 0.2) is 6.20 Å². The zero-order chi connectivity index (χ0) is 18.4. The van der Waals surface area contributed by atoms with Crippen molar-refractivity contribution in [2.24, 2.45) is 0 Å². The van der Waals surface area contributed by atoms with Crippen molar-refractivity contribution in [3.63, 3.8) is 0 Å². The minimum Gasteiger partial charge on any atom is -0.367 e. The normalized spacial score (nSPS) is 28.0. The summed E-state index contributed by atoms with van der Waals surface area (Å²) < 4.78 is 35.6. The summed E-state index contributed by atoms with van der Waals surface area (Å²) in [6.07, 6.45) is 6.18. The lowest BCUT2D eigenvalue weighted by molar-refractivity contribution is -0.0942. The van der Waals surface area contributed by atoms with E-state index in [-0.39, 0.29) is 5.92 Å². The maximum absolute atomic E-state index is 13.1. The molecule has 2 saturated heterocycles. The molecule has 3 aliphatic heterocycles. The van der Waals surface area contributed by atoms with Crippen LogP contribution in [-0.2, 0) is 27.0 Å². The highest BCUT2D eigenvalue weighted by atomic mass is 32.2. The molecule has 0 amide bonds. The highest BCUT2D eigenvalue weighted by Gasteiger charge is 2.47. The van der Waals surface area contributed by atoms with Gasteiger partial charge < -0.3 is 4.74 Å². The second-order valence-electron chi connectivity index (χ2n) is 7.90. The monoisotopic (exact) mass is 380 g/mol. The fraction of sp³-hybridized carbons (Fsp3) is 0.778. The van der Waals surface area contributed by atoms with Gasteiger partial charge in [-0.15, -0.1) is 0 Å². The zero-order valence-electron chi connectivity index (χ0n) is 15.6. The molecule has 3 aliphatic rings. The summed E-state index contributed by atoms with van der Waals surface area (Å²) in [5, 5.41) is 0. The summed E-state index contributed by atoms with van der Waals surface area (Å²) in [5.41, 5.74) is 1.37. The highest BCUT2D eigenvalue weighted by Crippen LogP contribution is 2.40. The van der Waals surface area contributed by atoms with E-state index in [1.165, 1.54) is 0 Å². The van der Waals surface area contributed by atoms with E-state index in [9.17, 15) is 8.42 Å². The molecule has 0 unspecified atom stereocenters. The minimum atomic E-state index is -3.42. The molecule has 0 N–H and O–H groups in total. The van der Waals surface area contributed by atoms with Gasteiger partial charge in [-0.1, -0.05) is 13.8 Å². The predicted molar refractivity (Wildman–Crippen MR) is 98.0 cm³/mol.